The molecule has 3 rings (SSSR count). The molecule has 116 valence electrons. The third-order valence-electron chi connectivity index (χ3n) is 4.23. The molecule has 1 saturated heterocycles. The molecule has 0 saturated carbocycles. The number of aliphatic imine (C=N–C) groups is 1. The van der Waals surface area contributed by atoms with E-state index in [1.807, 2.05) is 0 Å². The lowest BCUT2D eigenvalue weighted by atomic mass is 10.0. The molecule has 1 aliphatic heterocycles. The summed E-state index contributed by atoms with van der Waals surface area (Å²) >= 11 is 0. The molecule has 1 aromatic rings. The number of guanidine groups is 1. The molecule has 0 amide bonds. The molecule has 0 aromatic heterocycles. The number of nitrogens with zero attached hydrogens (tertiary/aromatic N) is 1. The van der Waals surface area contributed by atoms with Gasteiger partial charge in [-0.1, -0.05) is 6.07 Å². The number of anilines is 1. The molecule has 4 nitrogen and oxygen atoms in total. The Balaban J connectivity index is 0.00000161. The number of aryl methyl sites for hydroxylation is 2. The van der Waals surface area contributed by atoms with Crippen molar-refractivity contribution in [3.05, 3.63) is 29.3 Å². The Kier molecular flexibility index (Phi) is 6.29. The number of hydrogen-bond acceptors (Lipinski definition) is 2. The van der Waals surface area contributed by atoms with E-state index in [0.29, 0.717) is 11.9 Å². The van der Waals surface area contributed by atoms with Crippen LogP contribution in [0.15, 0.2) is 23.2 Å². The van der Waals surface area contributed by atoms with Gasteiger partial charge in [0.2, 0.25) is 0 Å². The lowest BCUT2D eigenvalue weighted by Gasteiger charge is -2.20. The maximum atomic E-state index is 5.98. The first-order valence-corrected chi connectivity index (χ1v) is 7.58. The van der Waals surface area contributed by atoms with E-state index in [2.05, 4.69) is 28.5 Å². The highest BCUT2D eigenvalue weighted by atomic mass is 127. The van der Waals surface area contributed by atoms with Crippen molar-refractivity contribution in [1.29, 1.82) is 0 Å². The molecular weight excluding hydrogens is 377 g/mol. The van der Waals surface area contributed by atoms with Crippen LogP contribution in [0.3, 0.4) is 0 Å². The summed E-state index contributed by atoms with van der Waals surface area (Å²) in [6.45, 7) is 2.52. The summed E-state index contributed by atoms with van der Waals surface area (Å²) in [6.07, 6.45) is 5.85. The van der Waals surface area contributed by atoms with Gasteiger partial charge in [-0.2, -0.15) is 0 Å². The lowest BCUT2D eigenvalue weighted by Crippen LogP contribution is -2.25. The fourth-order valence-corrected chi connectivity index (χ4v) is 2.99. The van der Waals surface area contributed by atoms with E-state index in [1.165, 1.54) is 30.4 Å². The molecule has 21 heavy (non-hydrogen) atoms. The van der Waals surface area contributed by atoms with Crippen molar-refractivity contribution in [3.8, 4) is 0 Å². The van der Waals surface area contributed by atoms with Crippen LogP contribution in [0.2, 0.25) is 0 Å². The van der Waals surface area contributed by atoms with Gasteiger partial charge in [0.15, 0.2) is 5.96 Å². The second kappa shape index (κ2) is 7.98. The zero-order chi connectivity index (χ0) is 13.8. The number of benzene rings is 1. The van der Waals surface area contributed by atoms with E-state index in [1.54, 1.807) is 0 Å². The van der Waals surface area contributed by atoms with E-state index in [9.17, 15) is 0 Å². The van der Waals surface area contributed by atoms with Crippen molar-refractivity contribution in [1.82, 2.24) is 0 Å². The van der Waals surface area contributed by atoms with Gasteiger partial charge >= 0.3 is 0 Å². The van der Waals surface area contributed by atoms with Crippen LogP contribution in [0.25, 0.3) is 0 Å². The van der Waals surface area contributed by atoms with Gasteiger partial charge in [0.1, 0.15) is 0 Å². The number of halogens is 1. The molecule has 2 aliphatic rings. The number of nitrogens with two attached hydrogens (primary N) is 1. The smallest absolute Gasteiger partial charge is 0.193 e. The first kappa shape index (κ1) is 16.5. The first-order chi connectivity index (χ1) is 9.81. The summed E-state index contributed by atoms with van der Waals surface area (Å²) in [6, 6.07) is 6.51. The predicted octanol–water partition coefficient (Wildman–Crippen LogP) is 2.95. The van der Waals surface area contributed by atoms with Crippen molar-refractivity contribution in [2.24, 2.45) is 16.6 Å². The van der Waals surface area contributed by atoms with Crippen LogP contribution in [-0.2, 0) is 17.6 Å². The van der Waals surface area contributed by atoms with Gasteiger partial charge in [-0.15, -0.1) is 24.0 Å². The number of ether oxygens (including phenoxy) is 1. The zero-order valence-electron chi connectivity index (χ0n) is 12.3. The van der Waals surface area contributed by atoms with Gasteiger partial charge in [0, 0.05) is 25.4 Å². The average molecular weight is 401 g/mol. The SMILES string of the molecule is I.NC(=NCC1CCOCC1)Nc1ccc2c(c1)CCC2. The zero-order valence-corrected chi connectivity index (χ0v) is 14.6. The largest absolute Gasteiger partial charge is 0.381 e. The maximum Gasteiger partial charge on any atom is 0.193 e. The topological polar surface area (TPSA) is 59.6 Å². The van der Waals surface area contributed by atoms with E-state index < -0.39 is 0 Å². The van der Waals surface area contributed by atoms with Gasteiger partial charge in [-0.3, -0.25) is 4.99 Å². The molecule has 5 heteroatoms. The molecule has 0 spiro atoms. The number of fused-ring (bicyclic) bond motifs is 1. The Morgan fingerprint density at radius 1 is 1.24 bits per heavy atom. The quantitative estimate of drug-likeness (QED) is 0.465. The van der Waals surface area contributed by atoms with Crippen molar-refractivity contribution in [2.75, 3.05) is 25.1 Å². The van der Waals surface area contributed by atoms with Crippen LogP contribution in [-0.4, -0.2) is 25.7 Å². The van der Waals surface area contributed by atoms with Crippen molar-refractivity contribution in [2.45, 2.75) is 32.1 Å². The van der Waals surface area contributed by atoms with E-state index in [0.717, 1.165) is 38.3 Å². The fourth-order valence-electron chi connectivity index (χ4n) is 2.99. The number of nitrogens with one attached hydrogen (secondary N) is 1. The molecule has 1 fully saturated rings. The van der Waals surface area contributed by atoms with Crippen molar-refractivity contribution in [3.63, 3.8) is 0 Å². The third kappa shape index (κ3) is 4.57. The van der Waals surface area contributed by atoms with Crippen LogP contribution in [0.1, 0.15) is 30.4 Å². The Hall–Kier alpha value is -0.820. The molecule has 1 aliphatic carbocycles. The Bertz CT molecular complexity index is 498. The van der Waals surface area contributed by atoms with Gasteiger partial charge in [-0.25, -0.2) is 0 Å². The monoisotopic (exact) mass is 401 g/mol. The molecule has 3 N–H and O–H groups in total. The fraction of sp³-hybridized carbons (Fsp3) is 0.562. The van der Waals surface area contributed by atoms with Crippen LogP contribution in [0.4, 0.5) is 5.69 Å². The summed E-state index contributed by atoms with van der Waals surface area (Å²) in [7, 11) is 0. The van der Waals surface area contributed by atoms with Crippen LogP contribution in [0.5, 0.6) is 0 Å². The first-order valence-electron chi connectivity index (χ1n) is 7.58. The molecule has 0 bridgehead atoms. The Labute approximate surface area is 143 Å². The second-order valence-electron chi connectivity index (χ2n) is 5.74. The molecule has 0 atom stereocenters. The summed E-state index contributed by atoms with van der Waals surface area (Å²) in [5.74, 6) is 1.14. The minimum absolute atomic E-state index is 0. The number of hydrogen-bond donors (Lipinski definition) is 2. The Morgan fingerprint density at radius 2 is 2.00 bits per heavy atom. The van der Waals surface area contributed by atoms with E-state index in [4.69, 9.17) is 10.5 Å². The molecular formula is C16H24IN3O. The molecule has 0 radical (unpaired) electrons. The Morgan fingerprint density at radius 3 is 2.81 bits per heavy atom. The van der Waals surface area contributed by atoms with Gasteiger partial charge in [-0.05, 0) is 61.3 Å². The minimum Gasteiger partial charge on any atom is -0.381 e. The molecule has 0 unspecified atom stereocenters. The second-order valence-corrected chi connectivity index (χ2v) is 5.74. The van der Waals surface area contributed by atoms with Crippen LogP contribution in [0, 0.1) is 5.92 Å². The summed E-state index contributed by atoms with van der Waals surface area (Å²) in [4.78, 5) is 4.46. The van der Waals surface area contributed by atoms with E-state index in [-0.39, 0.29) is 24.0 Å². The summed E-state index contributed by atoms with van der Waals surface area (Å²) in [5, 5.41) is 3.21. The molecule has 1 heterocycles. The predicted molar refractivity (Wildman–Crippen MR) is 97.5 cm³/mol. The van der Waals surface area contributed by atoms with Crippen LogP contribution >= 0.6 is 24.0 Å². The van der Waals surface area contributed by atoms with E-state index >= 15 is 0 Å². The van der Waals surface area contributed by atoms with Crippen molar-refractivity contribution >= 4 is 35.6 Å². The standard InChI is InChI=1S/C16H23N3O.HI/c17-16(18-11-12-6-8-20-9-7-12)19-15-5-4-13-2-1-3-14(13)10-15;/h4-5,10,12H,1-3,6-9,11H2,(H3,17,18,19);1H. The molecule has 1 aromatic carbocycles. The lowest BCUT2D eigenvalue weighted by molar-refractivity contribution is 0.0689. The normalized spacial score (nSPS) is 19.0. The number of rotatable bonds is 3. The van der Waals surface area contributed by atoms with Crippen molar-refractivity contribution < 1.29 is 4.74 Å². The maximum absolute atomic E-state index is 5.98. The van der Waals surface area contributed by atoms with Gasteiger partial charge < -0.3 is 15.8 Å². The highest BCUT2D eigenvalue weighted by molar-refractivity contribution is 14.0. The highest BCUT2D eigenvalue weighted by Crippen LogP contribution is 2.24. The third-order valence-corrected chi connectivity index (χ3v) is 4.23. The highest BCUT2D eigenvalue weighted by Gasteiger charge is 2.13. The van der Waals surface area contributed by atoms with Gasteiger partial charge in [0.25, 0.3) is 0 Å². The minimum atomic E-state index is 0. The van der Waals surface area contributed by atoms with Gasteiger partial charge in [0.05, 0.1) is 0 Å². The summed E-state index contributed by atoms with van der Waals surface area (Å²) in [5.41, 5.74) is 9.96. The summed E-state index contributed by atoms with van der Waals surface area (Å²) < 4.78 is 5.35. The van der Waals surface area contributed by atoms with Crippen LogP contribution < -0.4 is 11.1 Å². The average Bonchev–Trinajstić information content (AvgIpc) is 2.94.